The van der Waals surface area contributed by atoms with E-state index in [0.29, 0.717) is 13.0 Å². The van der Waals surface area contributed by atoms with Gasteiger partial charge in [-0.2, -0.15) is 0 Å². The van der Waals surface area contributed by atoms with Crippen LogP contribution in [0.5, 0.6) is 0 Å². The largest absolute Gasteiger partial charge is 0.377 e. The Morgan fingerprint density at radius 2 is 2.26 bits per heavy atom. The van der Waals surface area contributed by atoms with Crippen molar-refractivity contribution in [3.63, 3.8) is 0 Å². The number of hydrogen-bond acceptors (Lipinski definition) is 4. The maximum absolute atomic E-state index is 13.1. The van der Waals surface area contributed by atoms with Gasteiger partial charge in [0, 0.05) is 12.6 Å². The number of hydrogen-bond donors (Lipinski definition) is 2. The van der Waals surface area contributed by atoms with Crippen LogP contribution in [0.3, 0.4) is 0 Å². The van der Waals surface area contributed by atoms with Crippen LogP contribution in [0.25, 0.3) is 0 Å². The molecule has 1 saturated carbocycles. The van der Waals surface area contributed by atoms with Gasteiger partial charge in [-0.1, -0.05) is 6.07 Å². The van der Waals surface area contributed by atoms with Crippen molar-refractivity contribution in [2.24, 2.45) is 5.73 Å². The third-order valence-electron chi connectivity index (χ3n) is 3.14. The highest BCUT2D eigenvalue weighted by Crippen LogP contribution is 2.24. The number of ether oxygens (including phenoxy) is 1. The zero-order chi connectivity index (χ0) is 14.0. The quantitative estimate of drug-likeness (QED) is 0.831. The third-order valence-corrected chi connectivity index (χ3v) is 4.60. The van der Waals surface area contributed by atoms with Crippen molar-refractivity contribution in [1.29, 1.82) is 0 Å². The first-order valence-corrected chi connectivity index (χ1v) is 7.57. The lowest BCUT2D eigenvalue weighted by atomic mass is 9.84. The second kappa shape index (κ2) is 5.54. The topological polar surface area (TPSA) is 81.4 Å². The van der Waals surface area contributed by atoms with Gasteiger partial charge in [0.15, 0.2) is 0 Å². The van der Waals surface area contributed by atoms with E-state index in [4.69, 9.17) is 10.5 Å². The molecule has 0 aromatic heterocycles. The summed E-state index contributed by atoms with van der Waals surface area (Å²) >= 11 is 0. The average Bonchev–Trinajstić information content (AvgIpc) is 2.36. The minimum atomic E-state index is -3.78. The van der Waals surface area contributed by atoms with Gasteiger partial charge in [0.1, 0.15) is 5.82 Å². The number of nitrogens with two attached hydrogens (primary N) is 1. The molecule has 1 aliphatic rings. The molecule has 106 valence electrons. The van der Waals surface area contributed by atoms with Crippen LogP contribution in [0.2, 0.25) is 0 Å². The predicted octanol–water partition coefficient (Wildman–Crippen LogP) is 0.609. The van der Waals surface area contributed by atoms with Crippen LogP contribution >= 0.6 is 0 Å². The molecule has 3 unspecified atom stereocenters. The fourth-order valence-electron chi connectivity index (χ4n) is 2.07. The molecule has 7 heteroatoms. The molecule has 0 radical (unpaired) electrons. The molecule has 1 aromatic rings. The molecule has 1 fully saturated rings. The van der Waals surface area contributed by atoms with Crippen LogP contribution < -0.4 is 10.5 Å². The molecule has 0 saturated heterocycles. The van der Waals surface area contributed by atoms with Crippen LogP contribution in [0.4, 0.5) is 4.39 Å². The molecular weight excluding hydrogens is 271 g/mol. The molecule has 0 aliphatic heterocycles. The van der Waals surface area contributed by atoms with E-state index in [1.165, 1.54) is 18.2 Å². The lowest BCUT2D eigenvalue weighted by Gasteiger charge is -2.42. The van der Waals surface area contributed by atoms with Gasteiger partial charge in [0.2, 0.25) is 10.0 Å². The Hall–Kier alpha value is -1.02. The first kappa shape index (κ1) is 14.4. The molecule has 0 bridgehead atoms. The van der Waals surface area contributed by atoms with Crippen molar-refractivity contribution >= 4 is 10.0 Å². The van der Waals surface area contributed by atoms with Crippen LogP contribution in [-0.2, 0) is 14.8 Å². The molecular formula is C12H17FN2O3S. The monoisotopic (exact) mass is 288 g/mol. The number of sulfonamides is 1. The number of benzene rings is 1. The summed E-state index contributed by atoms with van der Waals surface area (Å²) in [6, 6.07) is 4.11. The highest BCUT2D eigenvalue weighted by Gasteiger charge is 2.42. The summed E-state index contributed by atoms with van der Waals surface area (Å²) in [5, 5.41) is 0. The number of rotatable bonds is 5. The van der Waals surface area contributed by atoms with Crippen LogP contribution in [0.15, 0.2) is 29.2 Å². The summed E-state index contributed by atoms with van der Waals surface area (Å²) in [5.74, 6) is -0.595. The lowest BCUT2D eigenvalue weighted by Crippen LogP contribution is -2.64. The normalized spacial score (nSPS) is 27.0. The fraction of sp³-hybridized carbons (Fsp3) is 0.500. The second-order valence-corrected chi connectivity index (χ2v) is 6.21. The molecule has 1 aromatic carbocycles. The van der Waals surface area contributed by atoms with Gasteiger partial charge in [0.25, 0.3) is 0 Å². The van der Waals surface area contributed by atoms with E-state index >= 15 is 0 Å². The molecule has 1 aliphatic carbocycles. The molecule has 2 rings (SSSR count). The molecule has 5 nitrogen and oxygen atoms in total. The van der Waals surface area contributed by atoms with E-state index in [-0.39, 0.29) is 17.0 Å². The summed E-state index contributed by atoms with van der Waals surface area (Å²) in [7, 11) is -3.78. The summed E-state index contributed by atoms with van der Waals surface area (Å²) in [4.78, 5) is -0.109. The Labute approximate surface area is 112 Å². The highest BCUT2D eigenvalue weighted by molar-refractivity contribution is 7.89. The first-order chi connectivity index (χ1) is 8.94. The first-order valence-electron chi connectivity index (χ1n) is 6.09. The van der Waals surface area contributed by atoms with Gasteiger partial charge in [-0.3, -0.25) is 0 Å². The van der Waals surface area contributed by atoms with Gasteiger partial charge in [0.05, 0.1) is 17.0 Å². The van der Waals surface area contributed by atoms with Crippen molar-refractivity contribution in [2.75, 3.05) is 6.61 Å². The van der Waals surface area contributed by atoms with E-state index in [2.05, 4.69) is 4.72 Å². The molecule has 0 amide bonds. The molecule has 3 N–H and O–H groups in total. The van der Waals surface area contributed by atoms with E-state index in [1.54, 1.807) is 0 Å². The third kappa shape index (κ3) is 3.11. The van der Waals surface area contributed by atoms with Gasteiger partial charge < -0.3 is 10.5 Å². The minimum absolute atomic E-state index is 0.109. The second-order valence-electron chi connectivity index (χ2n) is 4.50. The maximum Gasteiger partial charge on any atom is 0.241 e. The van der Waals surface area contributed by atoms with Crippen molar-refractivity contribution < 1.29 is 17.5 Å². The van der Waals surface area contributed by atoms with Crippen molar-refractivity contribution in [2.45, 2.75) is 36.4 Å². The zero-order valence-corrected chi connectivity index (χ0v) is 11.4. The fourth-order valence-corrected chi connectivity index (χ4v) is 3.42. The summed E-state index contributed by atoms with van der Waals surface area (Å²) < 4.78 is 45.1. The van der Waals surface area contributed by atoms with Gasteiger partial charge >= 0.3 is 0 Å². The average molecular weight is 288 g/mol. The Balaban J connectivity index is 2.13. The minimum Gasteiger partial charge on any atom is -0.377 e. The summed E-state index contributed by atoms with van der Waals surface area (Å²) in [6.07, 6.45) is 0.396. The van der Waals surface area contributed by atoms with Crippen molar-refractivity contribution in [3.05, 3.63) is 30.1 Å². The predicted molar refractivity (Wildman–Crippen MR) is 68.5 cm³/mol. The summed E-state index contributed by atoms with van der Waals surface area (Å²) in [6.45, 7) is 2.33. The lowest BCUT2D eigenvalue weighted by molar-refractivity contribution is -0.0248. The number of halogens is 1. The van der Waals surface area contributed by atoms with E-state index in [9.17, 15) is 12.8 Å². The number of nitrogens with one attached hydrogen (secondary N) is 1. The van der Waals surface area contributed by atoms with Gasteiger partial charge in [-0.05, 0) is 31.5 Å². The zero-order valence-electron chi connectivity index (χ0n) is 10.5. The standard InChI is InChI=1S/C12H17FN2O3S/c1-2-18-11-7-10(14)12(11)15-19(16,17)9-5-3-4-8(13)6-9/h3-6,10-12,15H,2,7,14H2,1H3. The highest BCUT2D eigenvalue weighted by atomic mass is 32.2. The smallest absolute Gasteiger partial charge is 0.241 e. The Morgan fingerprint density at radius 3 is 2.84 bits per heavy atom. The van der Waals surface area contributed by atoms with E-state index in [1.807, 2.05) is 6.92 Å². The van der Waals surface area contributed by atoms with E-state index < -0.39 is 21.9 Å². The Bertz CT molecular complexity index is 548. The maximum atomic E-state index is 13.1. The Morgan fingerprint density at radius 1 is 1.53 bits per heavy atom. The molecule has 0 heterocycles. The van der Waals surface area contributed by atoms with Crippen LogP contribution in [0, 0.1) is 5.82 Å². The van der Waals surface area contributed by atoms with Crippen LogP contribution in [-0.4, -0.2) is 33.2 Å². The van der Waals surface area contributed by atoms with E-state index in [0.717, 1.165) is 6.07 Å². The Kier molecular flexibility index (Phi) is 4.19. The van der Waals surface area contributed by atoms with Gasteiger partial charge in [-0.25, -0.2) is 17.5 Å². The molecule has 3 atom stereocenters. The summed E-state index contributed by atoms with van der Waals surface area (Å²) in [5.41, 5.74) is 5.78. The van der Waals surface area contributed by atoms with Gasteiger partial charge in [-0.15, -0.1) is 0 Å². The van der Waals surface area contributed by atoms with Crippen LogP contribution in [0.1, 0.15) is 13.3 Å². The molecule has 19 heavy (non-hydrogen) atoms. The molecule has 0 spiro atoms. The van der Waals surface area contributed by atoms with Crippen molar-refractivity contribution in [3.8, 4) is 0 Å². The SMILES string of the molecule is CCOC1CC(N)C1NS(=O)(=O)c1cccc(F)c1. The van der Waals surface area contributed by atoms with Crippen molar-refractivity contribution in [1.82, 2.24) is 4.72 Å².